The molecule has 0 aliphatic carbocycles. The van der Waals surface area contributed by atoms with Gasteiger partial charge in [-0.2, -0.15) is 15.3 Å². The van der Waals surface area contributed by atoms with Crippen LogP contribution >= 0.6 is 11.6 Å². The fourth-order valence-corrected chi connectivity index (χ4v) is 3.54. The van der Waals surface area contributed by atoms with E-state index in [9.17, 15) is 4.79 Å². The molecule has 1 unspecified atom stereocenters. The summed E-state index contributed by atoms with van der Waals surface area (Å²) >= 11 is 5.84. The number of hydrogen-bond donors (Lipinski definition) is 1. The van der Waals surface area contributed by atoms with E-state index in [1.54, 1.807) is 29.6 Å². The zero-order valence-electron chi connectivity index (χ0n) is 14.9. The van der Waals surface area contributed by atoms with Crippen LogP contribution in [0.3, 0.4) is 0 Å². The molecule has 1 aliphatic rings. The SMILES string of the molecule is Cc1cnncc1-c1cc(N2CCCC(Cc3ccc(Cl)nc3)C2=O)n[nH]1. The minimum Gasteiger partial charge on any atom is -0.295 e. The van der Waals surface area contributed by atoms with E-state index in [-0.39, 0.29) is 11.8 Å². The number of halogens is 1. The van der Waals surface area contributed by atoms with Crippen molar-refractivity contribution in [1.82, 2.24) is 25.4 Å². The molecular formula is C19H19ClN6O. The number of aryl methyl sites for hydroxylation is 1. The standard InChI is InChI=1S/C19H19ClN6O/c1-12-9-22-23-11-15(12)16-8-18(25-24-16)26-6-2-3-14(19(26)27)7-13-4-5-17(20)21-10-13/h4-5,8-11,14H,2-3,6-7H2,1H3,(H,24,25). The lowest BCUT2D eigenvalue weighted by molar-refractivity contribution is -0.123. The molecule has 4 rings (SSSR count). The summed E-state index contributed by atoms with van der Waals surface area (Å²) < 4.78 is 0. The minimum absolute atomic E-state index is 0.0776. The summed E-state index contributed by atoms with van der Waals surface area (Å²) in [6.45, 7) is 2.64. The number of piperidine rings is 1. The van der Waals surface area contributed by atoms with Gasteiger partial charge in [0.25, 0.3) is 0 Å². The molecule has 3 aromatic heterocycles. The zero-order chi connectivity index (χ0) is 18.8. The van der Waals surface area contributed by atoms with Crippen LogP contribution in [0.5, 0.6) is 0 Å². The Morgan fingerprint density at radius 3 is 2.89 bits per heavy atom. The summed E-state index contributed by atoms with van der Waals surface area (Å²) in [7, 11) is 0. The highest BCUT2D eigenvalue weighted by atomic mass is 35.5. The summed E-state index contributed by atoms with van der Waals surface area (Å²) in [5.41, 5.74) is 3.77. The summed E-state index contributed by atoms with van der Waals surface area (Å²) in [4.78, 5) is 18.9. The van der Waals surface area contributed by atoms with Gasteiger partial charge in [0, 0.05) is 30.3 Å². The zero-order valence-corrected chi connectivity index (χ0v) is 15.6. The Morgan fingerprint density at radius 1 is 1.26 bits per heavy atom. The first-order valence-corrected chi connectivity index (χ1v) is 9.24. The van der Waals surface area contributed by atoms with Crippen LogP contribution < -0.4 is 4.90 Å². The minimum atomic E-state index is -0.0776. The number of rotatable bonds is 4. The van der Waals surface area contributed by atoms with Crippen molar-refractivity contribution in [2.45, 2.75) is 26.2 Å². The van der Waals surface area contributed by atoms with E-state index in [1.807, 2.05) is 19.1 Å². The predicted octanol–water partition coefficient (Wildman–Crippen LogP) is 3.21. The number of H-pyrrole nitrogens is 1. The van der Waals surface area contributed by atoms with E-state index >= 15 is 0 Å². The molecule has 8 heteroatoms. The van der Waals surface area contributed by atoms with Crippen LogP contribution in [0.2, 0.25) is 5.15 Å². The molecule has 1 N–H and O–H groups in total. The molecule has 1 aliphatic heterocycles. The van der Waals surface area contributed by atoms with E-state index in [2.05, 4.69) is 25.4 Å². The molecule has 1 saturated heterocycles. The number of carbonyl (C=O) groups is 1. The molecule has 7 nitrogen and oxygen atoms in total. The lowest BCUT2D eigenvalue weighted by Crippen LogP contribution is -2.42. The maximum absolute atomic E-state index is 13.0. The number of hydrogen-bond acceptors (Lipinski definition) is 5. The first-order chi connectivity index (χ1) is 13.1. The van der Waals surface area contributed by atoms with Gasteiger partial charge < -0.3 is 0 Å². The monoisotopic (exact) mass is 382 g/mol. The van der Waals surface area contributed by atoms with Crippen LogP contribution in [0.15, 0.2) is 36.8 Å². The topological polar surface area (TPSA) is 87.7 Å². The van der Waals surface area contributed by atoms with Crippen molar-refractivity contribution in [2.75, 3.05) is 11.4 Å². The van der Waals surface area contributed by atoms with Gasteiger partial charge in [-0.05, 0) is 43.4 Å². The Morgan fingerprint density at radius 2 is 2.11 bits per heavy atom. The number of nitrogens with one attached hydrogen (secondary N) is 1. The number of carbonyl (C=O) groups excluding carboxylic acids is 1. The average Bonchev–Trinajstić information content (AvgIpc) is 3.15. The first kappa shape index (κ1) is 17.6. The number of amides is 1. The Bertz CT molecular complexity index is 955. The lowest BCUT2D eigenvalue weighted by Gasteiger charge is -2.30. The molecule has 1 amide bonds. The van der Waals surface area contributed by atoms with Crippen molar-refractivity contribution in [2.24, 2.45) is 5.92 Å². The average molecular weight is 383 g/mol. The predicted molar refractivity (Wildman–Crippen MR) is 102 cm³/mol. The smallest absolute Gasteiger partial charge is 0.231 e. The third-order valence-electron chi connectivity index (χ3n) is 4.88. The second-order valence-electron chi connectivity index (χ2n) is 6.75. The highest BCUT2D eigenvalue weighted by Gasteiger charge is 2.31. The van der Waals surface area contributed by atoms with E-state index in [0.29, 0.717) is 23.9 Å². The van der Waals surface area contributed by atoms with Crippen molar-refractivity contribution in [3.8, 4) is 11.3 Å². The highest BCUT2D eigenvalue weighted by molar-refractivity contribution is 6.29. The van der Waals surface area contributed by atoms with E-state index in [1.165, 1.54) is 0 Å². The van der Waals surface area contributed by atoms with Gasteiger partial charge in [-0.25, -0.2) is 4.98 Å². The van der Waals surface area contributed by atoms with Crippen molar-refractivity contribution in [1.29, 1.82) is 0 Å². The normalized spacial score (nSPS) is 17.3. The van der Waals surface area contributed by atoms with Crippen molar-refractivity contribution < 1.29 is 4.79 Å². The largest absolute Gasteiger partial charge is 0.295 e. The van der Waals surface area contributed by atoms with Crippen LogP contribution in [0.1, 0.15) is 24.0 Å². The Labute approximate surface area is 161 Å². The van der Waals surface area contributed by atoms with Gasteiger partial charge >= 0.3 is 0 Å². The Kier molecular flexibility index (Phi) is 4.85. The summed E-state index contributed by atoms with van der Waals surface area (Å²) in [6.07, 6.45) is 7.60. The number of anilines is 1. The highest BCUT2D eigenvalue weighted by Crippen LogP contribution is 2.29. The Hall–Kier alpha value is -2.80. The molecule has 138 valence electrons. The number of aromatic nitrogens is 5. The van der Waals surface area contributed by atoms with E-state index in [4.69, 9.17) is 11.6 Å². The van der Waals surface area contributed by atoms with Crippen molar-refractivity contribution >= 4 is 23.3 Å². The first-order valence-electron chi connectivity index (χ1n) is 8.86. The van der Waals surface area contributed by atoms with Gasteiger partial charge in [0.1, 0.15) is 5.15 Å². The third-order valence-corrected chi connectivity index (χ3v) is 5.10. The molecule has 27 heavy (non-hydrogen) atoms. The summed E-state index contributed by atoms with van der Waals surface area (Å²) in [5, 5.41) is 15.6. The maximum Gasteiger partial charge on any atom is 0.231 e. The second kappa shape index (κ2) is 7.44. The van der Waals surface area contributed by atoms with Crippen LogP contribution in [0, 0.1) is 12.8 Å². The van der Waals surface area contributed by atoms with Crippen LogP contribution in [-0.2, 0) is 11.2 Å². The maximum atomic E-state index is 13.0. The fraction of sp³-hybridized carbons (Fsp3) is 0.316. The van der Waals surface area contributed by atoms with Gasteiger partial charge in [0.15, 0.2) is 5.82 Å². The molecule has 0 aromatic carbocycles. The molecular weight excluding hydrogens is 364 g/mol. The molecule has 0 spiro atoms. The van der Waals surface area contributed by atoms with Crippen LogP contribution in [0.25, 0.3) is 11.3 Å². The summed E-state index contributed by atoms with van der Waals surface area (Å²) in [5.74, 6) is 0.662. The molecule has 0 radical (unpaired) electrons. The fourth-order valence-electron chi connectivity index (χ4n) is 3.43. The molecule has 0 bridgehead atoms. The van der Waals surface area contributed by atoms with Gasteiger partial charge in [0.05, 0.1) is 18.1 Å². The van der Waals surface area contributed by atoms with Crippen molar-refractivity contribution in [3.63, 3.8) is 0 Å². The Balaban J connectivity index is 1.53. The number of aromatic amines is 1. The van der Waals surface area contributed by atoms with E-state index in [0.717, 1.165) is 35.2 Å². The van der Waals surface area contributed by atoms with E-state index < -0.39 is 0 Å². The van der Waals surface area contributed by atoms with Gasteiger partial charge in [-0.3, -0.25) is 14.8 Å². The molecule has 3 aromatic rings. The molecule has 0 saturated carbocycles. The van der Waals surface area contributed by atoms with Gasteiger partial charge in [0.2, 0.25) is 5.91 Å². The molecule has 4 heterocycles. The second-order valence-corrected chi connectivity index (χ2v) is 7.14. The number of pyridine rings is 1. The number of nitrogens with zero attached hydrogens (tertiary/aromatic N) is 5. The summed E-state index contributed by atoms with van der Waals surface area (Å²) in [6, 6.07) is 5.58. The van der Waals surface area contributed by atoms with Crippen LogP contribution in [0.4, 0.5) is 5.82 Å². The van der Waals surface area contributed by atoms with Crippen molar-refractivity contribution in [3.05, 3.63) is 53.1 Å². The van der Waals surface area contributed by atoms with Gasteiger partial charge in [-0.15, -0.1) is 0 Å². The molecule has 1 fully saturated rings. The van der Waals surface area contributed by atoms with Crippen LogP contribution in [-0.4, -0.2) is 37.8 Å². The van der Waals surface area contributed by atoms with Gasteiger partial charge in [-0.1, -0.05) is 17.7 Å². The molecule has 1 atom stereocenters. The lowest BCUT2D eigenvalue weighted by atomic mass is 9.91. The third kappa shape index (κ3) is 3.68. The quantitative estimate of drug-likeness (QED) is 0.700.